The van der Waals surface area contributed by atoms with Gasteiger partial charge in [0.1, 0.15) is 6.42 Å². The summed E-state index contributed by atoms with van der Waals surface area (Å²) in [5.74, 6) is -1.01. The first-order chi connectivity index (χ1) is 15.5. The third-order valence-corrected chi connectivity index (χ3v) is 5.22. The standard InChI is InChI=1S/C22H18Cl2F3N3O3/c1-2-7-28-19(31)11-20(32)29-17-5-3-13(4-6-17)18-12-21(33-30-18,22(25,26)27)14-8-15(23)10-16(24)9-14/h2-6,8-10H,1,7,11-12H2,(H,28,31)(H,29,32). The number of anilines is 1. The summed E-state index contributed by atoms with van der Waals surface area (Å²) in [6, 6.07) is 9.57. The van der Waals surface area contributed by atoms with Gasteiger partial charge in [0, 0.05) is 34.3 Å². The van der Waals surface area contributed by atoms with Crippen LogP contribution in [0.15, 0.2) is 60.3 Å². The number of rotatable bonds is 7. The van der Waals surface area contributed by atoms with E-state index in [1.165, 1.54) is 36.4 Å². The van der Waals surface area contributed by atoms with Crippen molar-refractivity contribution < 1.29 is 27.6 Å². The Hall–Kier alpha value is -3.04. The van der Waals surface area contributed by atoms with E-state index in [0.717, 1.165) is 12.1 Å². The van der Waals surface area contributed by atoms with Crippen LogP contribution in [0.3, 0.4) is 0 Å². The summed E-state index contributed by atoms with van der Waals surface area (Å²) in [5.41, 5.74) is -2.20. The number of halogens is 5. The molecule has 2 amide bonds. The number of hydrogen-bond donors (Lipinski definition) is 2. The van der Waals surface area contributed by atoms with Crippen molar-refractivity contribution in [3.05, 3.63) is 76.3 Å². The lowest BCUT2D eigenvalue weighted by Gasteiger charge is -2.29. The molecule has 1 atom stereocenters. The van der Waals surface area contributed by atoms with Crippen molar-refractivity contribution in [1.29, 1.82) is 0 Å². The highest BCUT2D eigenvalue weighted by molar-refractivity contribution is 6.34. The molecule has 1 aliphatic heterocycles. The van der Waals surface area contributed by atoms with Gasteiger partial charge >= 0.3 is 6.18 Å². The third-order valence-electron chi connectivity index (χ3n) is 4.78. The fourth-order valence-electron chi connectivity index (χ4n) is 3.19. The average Bonchev–Trinajstić information content (AvgIpc) is 3.19. The van der Waals surface area contributed by atoms with Crippen LogP contribution in [0, 0.1) is 0 Å². The van der Waals surface area contributed by atoms with E-state index in [1.54, 1.807) is 0 Å². The zero-order valence-electron chi connectivity index (χ0n) is 17.0. The molecule has 1 unspecified atom stereocenters. The maximum Gasteiger partial charge on any atom is 0.435 e. The van der Waals surface area contributed by atoms with Gasteiger partial charge in [0.2, 0.25) is 11.8 Å². The zero-order chi connectivity index (χ0) is 24.2. The predicted molar refractivity (Wildman–Crippen MR) is 119 cm³/mol. The van der Waals surface area contributed by atoms with Gasteiger partial charge in [-0.3, -0.25) is 9.59 Å². The van der Waals surface area contributed by atoms with Crippen molar-refractivity contribution in [3.63, 3.8) is 0 Å². The van der Waals surface area contributed by atoms with E-state index in [1.807, 2.05) is 0 Å². The molecule has 0 saturated carbocycles. The summed E-state index contributed by atoms with van der Waals surface area (Å²) < 4.78 is 42.2. The summed E-state index contributed by atoms with van der Waals surface area (Å²) >= 11 is 11.8. The minimum absolute atomic E-state index is 0.0384. The highest BCUT2D eigenvalue weighted by Gasteiger charge is 2.62. The summed E-state index contributed by atoms with van der Waals surface area (Å²) in [6.45, 7) is 3.70. The molecule has 1 aliphatic rings. The molecule has 0 saturated heterocycles. The summed E-state index contributed by atoms with van der Waals surface area (Å²) in [4.78, 5) is 28.5. The normalized spacial score (nSPS) is 17.7. The van der Waals surface area contributed by atoms with E-state index in [2.05, 4.69) is 22.4 Å². The Morgan fingerprint density at radius 1 is 1.12 bits per heavy atom. The summed E-state index contributed by atoms with van der Waals surface area (Å²) in [7, 11) is 0. The first-order valence-electron chi connectivity index (χ1n) is 9.60. The number of alkyl halides is 3. The van der Waals surface area contributed by atoms with E-state index < -0.39 is 30.0 Å². The molecule has 2 aromatic carbocycles. The monoisotopic (exact) mass is 499 g/mol. The van der Waals surface area contributed by atoms with Crippen LogP contribution in [0.4, 0.5) is 18.9 Å². The topological polar surface area (TPSA) is 79.8 Å². The minimum Gasteiger partial charge on any atom is -0.374 e. The third kappa shape index (κ3) is 5.66. The van der Waals surface area contributed by atoms with Crippen molar-refractivity contribution in [2.45, 2.75) is 24.6 Å². The van der Waals surface area contributed by atoms with Crippen molar-refractivity contribution in [3.8, 4) is 0 Å². The van der Waals surface area contributed by atoms with E-state index in [4.69, 9.17) is 28.0 Å². The molecule has 174 valence electrons. The Morgan fingerprint density at radius 3 is 2.33 bits per heavy atom. The van der Waals surface area contributed by atoms with Crippen molar-refractivity contribution in [2.75, 3.05) is 11.9 Å². The Kier molecular flexibility index (Phi) is 7.34. The second kappa shape index (κ2) is 9.84. The fourth-order valence-corrected chi connectivity index (χ4v) is 3.72. The van der Waals surface area contributed by atoms with Gasteiger partial charge in [0.05, 0.1) is 5.71 Å². The molecule has 2 aromatic rings. The van der Waals surface area contributed by atoms with Gasteiger partial charge in [-0.05, 0) is 35.9 Å². The van der Waals surface area contributed by atoms with Gasteiger partial charge in [-0.1, -0.05) is 46.6 Å². The molecule has 1 heterocycles. The molecular weight excluding hydrogens is 482 g/mol. The molecule has 33 heavy (non-hydrogen) atoms. The predicted octanol–water partition coefficient (Wildman–Crippen LogP) is 5.21. The maximum atomic E-state index is 14.1. The highest BCUT2D eigenvalue weighted by atomic mass is 35.5. The molecule has 6 nitrogen and oxygen atoms in total. The first kappa shape index (κ1) is 24.6. The molecule has 0 radical (unpaired) electrons. The molecule has 2 N–H and O–H groups in total. The SMILES string of the molecule is C=CCNC(=O)CC(=O)Nc1ccc(C2=NOC(c3cc(Cl)cc(Cl)c3)(C(F)(F)F)C2)cc1. The van der Waals surface area contributed by atoms with Crippen molar-refractivity contribution in [1.82, 2.24) is 5.32 Å². The van der Waals surface area contributed by atoms with Gasteiger partial charge < -0.3 is 15.5 Å². The zero-order valence-corrected chi connectivity index (χ0v) is 18.5. The van der Waals surface area contributed by atoms with Crippen molar-refractivity contribution >= 4 is 46.4 Å². The number of benzene rings is 2. The lowest BCUT2D eigenvalue weighted by molar-refractivity contribution is -0.275. The number of nitrogens with one attached hydrogen (secondary N) is 2. The Bertz CT molecular complexity index is 1080. The van der Waals surface area contributed by atoms with Crippen LogP contribution in [0.5, 0.6) is 0 Å². The molecular formula is C22H18Cl2F3N3O3. The number of amides is 2. The largest absolute Gasteiger partial charge is 0.435 e. The Morgan fingerprint density at radius 2 is 1.76 bits per heavy atom. The molecule has 3 rings (SSSR count). The number of carbonyl (C=O) groups excluding carboxylic acids is 2. The minimum atomic E-state index is -4.80. The van der Waals surface area contributed by atoms with E-state index in [-0.39, 0.29) is 34.3 Å². The van der Waals surface area contributed by atoms with E-state index in [9.17, 15) is 22.8 Å². The van der Waals surface area contributed by atoms with Crippen LogP contribution in [0.25, 0.3) is 0 Å². The van der Waals surface area contributed by atoms with Crippen LogP contribution >= 0.6 is 23.2 Å². The Labute approximate surface area is 197 Å². The second-order valence-corrected chi connectivity index (χ2v) is 8.06. The molecule has 0 spiro atoms. The second-order valence-electron chi connectivity index (χ2n) is 7.18. The molecule has 0 bridgehead atoms. The van der Waals surface area contributed by atoms with Crippen LogP contribution < -0.4 is 10.6 Å². The quantitative estimate of drug-likeness (QED) is 0.405. The fraction of sp³-hybridized carbons (Fsp3) is 0.227. The molecule has 0 aromatic heterocycles. The first-order valence-corrected chi connectivity index (χ1v) is 10.4. The average molecular weight is 500 g/mol. The summed E-state index contributed by atoms with van der Waals surface area (Å²) in [6.07, 6.45) is -4.29. The van der Waals surface area contributed by atoms with Crippen LogP contribution in [0.1, 0.15) is 24.0 Å². The van der Waals surface area contributed by atoms with Crippen LogP contribution in [0.2, 0.25) is 10.0 Å². The lowest BCUT2D eigenvalue weighted by Crippen LogP contribution is -2.42. The smallest absolute Gasteiger partial charge is 0.374 e. The van der Waals surface area contributed by atoms with Gasteiger partial charge in [0.25, 0.3) is 5.60 Å². The van der Waals surface area contributed by atoms with Gasteiger partial charge in [-0.25, -0.2) is 0 Å². The number of oxime groups is 1. The summed E-state index contributed by atoms with van der Waals surface area (Å²) in [5, 5.41) is 8.78. The lowest BCUT2D eigenvalue weighted by atomic mass is 9.86. The van der Waals surface area contributed by atoms with Crippen LogP contribution in [-0.2, 0) is 20.0 Å². The number of hydrogen-bond acceptors (Lipinski definition) is 4. The maximum absolute atomic E-state index is 14.1. The van der Waals surface area contributed by atoms with Gasteiger partial charge in [-0.2, -0.15) is 13.2 Å². The number of carbonyl (C=O) groups is 2. The molecule has 0 aliphatic carbocycles. The van der Waals surface area contributed by atoms with Gasteiger partial charge in [0.15, 0.2) is 0 Å². The van der Waals surface area contributed by atoms with E-state index in [0.29, 0.717) is 11.3 Å². The van der Waals surface area contributed by atoms with Crippen molar-refractivity contribution in [2.24, 2.45) is 5.16 Å². The molecule has 0 fully saturated rings. The van der Waals surface area contributed by atoms with E-state index >= 15 is 0 Å². The molecule has 11 heteroatoms. The Balaban J connectivity index is 1.74. The van der Waals surface area contributed by atoms with Gasteiger partial charge in [-0.15, -0.1) is 6.58 Å². The van der Waals surface area contributed by atoms with Crippen LogP contribution in [-0.4, -0.2) is 30.2 Å². The number of nitrogens with zero attached hydrogens (tertiary/aromatic N) is 1. The highest BCUT2D eigenvalue weighted by Crippen LogP contribution is 2.49.